The van der Waals surface area contributed by atoms with Crippen molar-refractivity contribution < 1.29 is 9.90 Å². The molecule has 0 radical (unpaired) electrons. The maximum absolute atomic E-state index is 10.4. The molecule has 3 N–H and O–H groups in total. The molecule has 1 rings (SSSR count). The Bertz CT molecular complexity index is 164. The Balaban J connectivity index is 2.13. The van der Waals surface area contributed by atoms with Crippen LogP contribution in [0.2, 0.25) is 0 Å². The Morgan fingerprint density at radius 2 is 2.00 bits per heavy atom. The van der Waals surface area contributed by atoms with Gasteiger partial charge in [-0.3, -0.25) is 4.79 Å². The van der Waals surface area contributed by atoms with Crippen LogP contribution in [0.15, 0.2) is 0 Å². The van der Waals surface area contributed by atoms with Gasteiger partial charge in [0.2, 0.25) is 0 Å². The lowest BCUT2D eigenvalue weighted by Gasteiger charge is -2.21. The van der Waals surface area contributed by atoms with Gasteiger partial charge in [-0.25, -0.2) is 0 Å². The molecule has 0 aliphatic heterocycles. The van der Waals surface area contributed by atoms with Crippen molar-refractivity contribution in [2.75, 3.05) is 0 Å². The first-order valence-electron chi connectivity index (χ1n) is 5.18. The van der Waals surface area contributed by atoms with E-state index in [1.165, 1.54) is 32.1 Å². The van der Waals surface area contributed by atoms with Crippen molar-refractivity contribution in [1.82, 2.24) is 0 Å². The fourth-order valence-corrected chi connectivity index (χ4v) is 2.01. The van der Waals surface area contributed by atoms with Gasteiger partial charge in [0, 0.05) is 0 Å². The zero-order valence-electron chi connectivity index (χ0n) is 8.04. The second kappa shape index (κ2) is 5.22. The van der Waals surface area contributed by atoms with Crippen LogP contribution in [-0.4, -0.2) is 17.1 Å². The summed E-state index contributed by atoms with van der Waals surface area (Å²) in [6.45, 7) is 0. The zero-order chi connectivity index (χ0) is 9.68. The average Bonchev–Trinajstić information content (AvgIpc) is 2.15. The Hall–Kier alpha value is -0.570. The number of carbonyl (C=O) groups is 1. The summed E-state index contributed by atoms with van der Waals surface area (Å²) < 4.78 is 0. The van der Waals surface area contributed by atoms with Gasteiger partial charge in [0.25, 0.3) is 0 Å². The molecule has 3 nitrogen and oxygen atoms in total. The van der Waals surface area contributed by atoms with Gasteiger partial charge in [0.05, 0.1) is 0 Å². The fraction of sp³-hybridized carbons (Fsp3) is 0.900. The van der Waals surface area contributed by atoms with Crippen molar-refractivity contribution in [2.24, 2.45) is 11.7 Å². The van der Waals surface area contributed by atoms with Crippen LogP contribution in [0.3, 0.4) is 0 Å². The molecule has 0 aromatic heterocycles. The van der Waals surface area contributed by atoms with Gasteiger partial charge >= 0.3 is 5.97 Å². The highest BCUT2D eigenvalue weighted by molar-refractivity contribution is 5.72. The Labute approximate surface area is 79.3 Å². The van der Waals surface area contributed by atoms with E-state index in [4.69, 9.17) is 10.8 Å². The average molecular weight is 185 g/mol. The molecule has 1 saturated carbocycles. The van der Waals surface area contributed by atoms with Crippen LogP contribution in [0.4, 0.5) is 0 Å². The Morgan fingerprint density at radius 1 is 1.38 bits per heavy atom. The summed E-state index contributed by atoms with van der Waals surface area (Å²) in [6, 6.07) is -0.651. The van der Waals surface area contributed by atoms with Crippen LogP contribution in [-0.2, 0) is 4.79 Å². The van der Waals surface area contributed by atoms with Gasteiger partial charge in [0.1, 0.15) is 6.04 Å². The molecule has 0 amide bonds. The summed E-state index contributed by atoms with van der Waals surface area (Å²) in [5.74, 6) is -0.130. The van der Waals surface area contributed by atoms with Crippen LogP contribution in [0.5, 0.6) is 0 Å². The predicted octanol–water partition coefficient (Wildman–Crippen LogP) is 1.76. The van der Waals surface area contributed by atoms with Crippen LogP contribution >= 0.6 is 0 Å². The maximum atomic E-state index is 10.4. The highest BCUT2D eigenvalue weighted by Crippen LogP contribution is 2.27. The molecule has 0 saturated heterocycles. The normalized spacial score (nSPS) is 21.3. The van der Waals surface area contributed by atoms with E-state index in [2.05, 4.69) is 0 Å². The lowest BCUT2D eigenvalue weighted by atomic mass is 9.85. The molecule has 0 aromatic carbocycles. The standard InChI is InChI=1S/C10H19NO2/c11-9(10(12)13)7-6-8-4-2-1-3-5-8/h8-9H,1-7,11H2,(H,12,13)/t9-/m1/s1. The second-order valence-electron chi connectivity index (χ2n) is 4.03. The number of nitrogens with two attached hydrogens (primary N) is 1. The highest BCUT2D eigenvalue weighted by atomic mass is 16.4. The zero-order valence-corrected chi connectivity index (χ0v) is 8.04. The third-order valence-electron chi connectivity index (χ3n) is 2.93. The molecule has 1 aliphatic rings. The quantitative estimate of drug-likeness (QED) is 0.701. The van der Waals surface area contributed by atoms with Gasteiger partial charge in [-0.15, -0.1) is 0 Å². The van der Waals surface area contributed by atoms with E-state index in [-0.39, 0.29) is 0 Å². The first-order valence-corrected chi connectivity index (χ1v) is 5.18. The number of hydrogen-bond acceptors (Lipinski definition) is 2. The first kappa shape index (κ1) is 10.5. The summed E-state index contributed by atoms with van der Waals surface area (Å²) in [5.41, 5.74) is 5.43. The SMILES string of the molecule is N[C@H](CCC1CCCCC1)C(=O)O. The summed E-state index contributed by atoms with van der Waals surface area (Å²) >= 11 is 0. The third-order valence-corrected chi connectivity index (χ3v) is 2.93. The van der Waals surface area contributed by atoms with Crippen LogP contribution in [0, 0.1) is 5.92 Å². The van der Waals surface area contributed by atoms with E-state index >= 15 is 0 Å². The van der Waals surface area contributed by atoms with Gasteiger partial charge in [0.15, 0.2) is 0 Å². The molecule has 1 aliphatic carbocycles. The number of rotatable bonds is 4. The first-order chi connectivity index (χ1) is 6.20. The van der Waals surface area contributed by atoms with E-state index < -0.39 is 12.0 Å². The summed E-state index contributed by atoms with van der Waals surface area (Å²) in [6.07, 6.45) is 8.15. The molecule has 1 atom stereocenters. The lowest BCUT2D eigenvalue weighted by Crippen LogP contribution is -2.30. The van der Waals surface area contributed by atoms with Gasteiger partial charge in [-0.1, -0.05) is 32.1 Å². The Kier molecular flexibility index (Phi) is 4.22. The number of hydrogen-bond donors (Lipinski definition) is 2. The molecule has 0 spiro atoms. The molecule has 0 unspecified atom stereocenters. The lowest BCUT2D eigenvalue weighted by molar-refractivity contribution is -0.138. The number of carboxylic acid groups (broad SMARTS) is 1. The fourth-order valence-electron chi connectivity index (χ4n) is 2.01. The van der Waals surface area contributed by atoms with E-state index in [0.29, 0.717) is 6.42 Å². The minimum atomic E-state index is -0.865. The topological polar surface area (TPSA) is 63.3 Å². The van der Waals surface area contributed by atoms with E-state index in [9.17, 15) is 4.79 Å². The van der Waals surface area contributed by atoms with Gasteiger partial charge in [-0.05, 0) is 18.8 Å². The van der Waals surface area contributed by atoms with Gasteiger partial charge in [-0.2, -0.15) is 0 Å². The van der Waals surface area contributed by atoms with Crippen molar-refractivity contribution in [3.8, 4) is 0 Å². The maximum Gasteiger partial charge on any atom is 0.320 e. The van der Waals surface area contributed by atoms with Crippen LogP contribution in [0.1, 0.15) is 44.9 Å². The van der Waals surface area contributed by atoms with Crippen molar-refractivity contribution in [2.45, 2.75) is 51.0 Å². The van der Waals surface area contributed by atoms with Crippen molar-refractivity contribution in [3.63, 3.8) is 0 Å². The van der Waals surface area contributed by atoms with Crippen molar-refractivity contribution >= 4 is 5.97 Å². The molecule has 3 heteroatoms. The molecule has 13 heavy (non-hydrogen) atoms. The van der Waals surface area contributed by atoms with E-state index in [1.807, 2.05) is 0 Å². The van der Waals surface area contributed by atoms with E-state index in [1.54, 1.807) is 0 Å². The Morgan fingerprint density at radius 3 is 2.54 bits per heavy atom. The van der Waals surface area contributed by atoms with Crippen LogP contribution < -0.4 is 5.73 Å². The highest BCUT2D eigenvalue weighted by Gasteiger charge is 2.17. The largest absolute Gasteiger partial charge is 0.480 e. The third kappa shape index (κ3) is 3.77. The van der Waals surface area contributed by atoms with E-state index in [0.717, 1.165) is 12.3 Å². The number of carboxylic acids is 1. The molecule has 1 fully saturated rings. The smallest absolute Gasteiger partial charge is 0.320 e. The minimum Gasteiger partial charge on any atom is -0.480 e. The predicted molar refractivity (Wildman–Crippen MR) is 51.4 cm³/mol. The summed E-state index contributed by atoms with van der Waals surface area (Å²) in [5, 5.41) is 8.59. The number of aliphatic carboxylic acids is 1. The summed E-state index contributed by atoms with van der Waals surface area (Å²) in [7, 11) is 0. The van der Waals surface area contributed by atoms with Crippen molar-refractivity contribution in [1.29, 1.82) is 0 Å². The second-order valence-corrected chi connectivity index (χ2v) is 4.03. The monoisotopic (exact) mass is 185 g/mol. The molecular weight excluding hydrogens is 166 g/mol. The molecule has 0 bridgehead atoms. The van der Waals surface area contributed by atoms with Crippen molar-refractivity contribution in [3.05, 3.63) is 0 Å². The molecule has 76 valence electrons. The minimum absolute atomic E-state index is 0.639. The molecular formula is C10H19NO2. The van der Waals surface area contributed by atoms with Crippen LogP contribution in [0.25, 0.3) is 0 Å². The molecule has 0 heterocycles. The van der Waals surface area contributed by atoms with Gasteiger partial charge < -0.3 is 10.8 Å². The summed E-state index contributed by atoms with van der Waals surface area (Å²) in [4.78, 5) is 10.4. The molecule has 0 aromatic rings.